The van der Waals surface area contributed by atoms with Crippen LogP contribution in [-0.2, 0) is 14.1 Å². The standard InChI is InChI=1S/C17H28NO4P/c1-12(2)21-16(19)14(4)18-23(20,17(5,6)7)22-15-10-8-9-13(3)11-15/h8-12,14H,1-7H3,(H,18,20)/t14-,23?/m0/s1. The van der Waals surface area contributed by atoms with E-state index in [4.69, 9.17) is 9.26 Å². The normalized spacial score (nSPS) is 15.8. The van der Waals surface area contributed by atoms with E-state index in [9.17, 15) is 9.36 Å². The Balaban J connectivity index is 3.00. The second kappa shape index (κ2) is 7.50. The highest BCUT2D eigenvalue weighted by molar-refractivity contribution is 7.59. The zero-order valence-electron chi connectivity index (χ0n) is 15.0. The summed E-state index contributed by atoms with van der Waals surface area (Å²) >= 11 is 0. The van der Waals surface area contributed by atoms with Gasteiger partial charge in [0.15, 0.2) is 0 Å². The molecule has 1 aromatic carbocycles. The van der Waals surface area contributed by atoms with E-state index in [1.165, 1.54) is 0 Å². The van der Waals surface area contributed by atoms with Gasteiger partial charge in [-0.2, -0.15) is 0 Å². The van der Waals surface area contributed by atoms with Crippen LogP contribution in [0.1, 0.15) is 47.1 Å². The number of nitrogens with one attached hydrogen (secondary N) is 1. The zero-order valence-corrected chi connectivity index (χ0v) is 15.9. The molecule has 0 spiro atoms. The van der Waals surface area contributed by atoms with Gasteiger partial charge in [0.25, 0.3) is 0 Å². The second-order valence-corrected chi connectivity index (χ2v) is 9.85. The lowest BCUT2D eigenvalue weighted by atomic mass is 10.2. The van der Waals surface area contributed by atoms with E-state index in [0.717, 1.165) is 5.56 Å². The van der Waals surface area contributed by atoms with Crippen LogP contribution in [0.2, 0.25) is 0 Å². The molecule has 0 aliphatic carbocycles. The van der Waals surface area contributed by atoms with Crippen LogP contribution in [0.15, 0.2) is 24.3 Å². The monoisotopic (exact) mass is 341 g/mol. The number of rotatable bonds is 6. The number of aryl methyl sites for hydroxylation is 1. The van der Waals surface area contributed by atoms with Crippen molar-refractivity contribution in [2.24, 2.45) is 0 Å². The minimum absolute atomic E-state index is 0.224. The van der Waals surface area contributed by atoms with Crippen molar-refractivity contribution in [2.75, 3.05) is 0 Å². The van der Waals surface area contributed by atoms with Gasteiger partial charge in [0, 0.05) is 0 Å². The maximum Gasteiger partial charge on any atom is 0.323 e. The fourth-order valence-corrected chi connectivity index (χ4v) is 3.56. The molecule has 5 nitrogen and oxygen atoms in total. The summed E-state index contributed by atoms with van der Waals surface area (Å²) in [5, 5.41) is 2.19. The second-order valence-electron chi connectivity index (χ2n) is 6.97. The minimum atomic E-state index is -3.35. The topological polar surface area (TPSA) is 64.6 Å². The Morgan fingerprint density at radius 1 is 1.22 bits per heavy atom. The molecule has 0 saturated heterocycles. The van der Waals surface area contributed by atoms with Gasteiger partial charge >= 0.3 is 13.5 Å². The molecule has 0 heterocycles. The molecule has 1 aromatic rings. The molecular formula is C17H28NO4P. The predicted molar refractivity (Wildman–Crippen MR) is 93.0 cm³/mol. The molecule has 6 heteroatoms. The lowest BCUT2D eigenvalue weighted by Crippen LogP contribution is -2.40. The van der Waals surface area contributed by atoms with E-state index < -0.39 is 24.7 Å². The quantitative estimate of drug-likeness (QED) is 0.617. The largest absolute Gasteiger partial charge is 0.462 e. The smallest absolute Gasteiger partial charge is 0.323 e. The van der Waals surface area contributed by atoms with Gasteiger partial charge in [-0.15, -0.1) is 0 Å². The van der Waals surface area contributed by atoms with Gasteiger partial charge in [0.2, 0.25) is 0 Å². The number of carbonyl (C=O) groups is 1. The maximum atomic E-state index is 13.4. The summed E-state index contributed by atoms with van der Waals surface area (Å²) < 4.78 is 24.3. The van der Waals surface area contributed by atoms with Gasteiger partial charge in [0.05, 0.1) is 11.3 Å². The van der Waals surface area contributed by atoms with E-state index in [1.807, 2.05) is 45.9 Å². The summed E-state index contributed by atoms with van der Waals surface area (Å²) in [7, 11) is -3.35. The lowest BCUT2D eigenvalue weighted by Gasteiger charge is -2.33. The van der Waals surface area contributed by atoms with Gasteiger partial charge in [-0.25, -0.2) is 5.09 Å². The summed E-state index contributed by atoms with van der Waals surface area (Å²) in [5.74, 6) is 0.0671. The third-order valence-electron chi connectivity index (χ3n) is 3.18. The van der Waals surface area contributed by atoms with Crippen LogP contribution in [0, 0.1) is 6.92 Å². The average Bonchev–Trinajstić information content (AvgIpc) is 2.36. The van der Waals surface area contributed by atoms with Crippen LogP contribution in [-0.4, -0.2) is 23.3 Å². The Morgan fingerprint density at radius 2 is 1.83 bits per heavy atom. The highest BCUT2D eigenvalue weighted by Gasteiger charge is 2.42. The molecule has 0 radical (unpaired) electrons. The van der Waals surface area contributed by atoms with Crippen molar-refractivity contribution in [2.45, 2.75) is 65.8 Å². The van der Waals surface area contributed by atoms with Crippen LogP contribution >= 0.6 is 7.52 Å². The fraction of sp³-hybridized carbons (Fsp3) is 0.588. The molecule has 130 valence electrons. The molecular weight excluding hydrogens is 313 g/mol. The molecule has 23 heavy (non-hydrogen) atoms. The summed E-state index contributed by atoms with van der Waals surface area (Å²) in [6.07, 6.45) is -0.224. The predicted octanol–water partition coefficient (Wildman–Crippen LogP) is 4.30. The van der Waals surface area contributed by atoms with Crippen molar-refractivity contribution in [3.8, 4) is 5.75 Å². The van der Waals surface area contributed by atoms with E-state index in [-0.39, 0.29) is 6.10 Å². The maximum absolute atomic E-state index is 13.4. The SMILES string of the molecule is Cc1cccc(OP(=O)(N[C@@H](C)C(=O)OC(C)C)C(C)(C)C)c1. The van der Waals surface area contributed by atoms with Crippen molar-refractivity contribution in [1.29, 1.82) is 0 Å². The first kappa shape index (κ1) is 19.7. The zero-order chi connectivity index (χ0) is 17.8. The van der Waals surface area contributed by atoms with Gasteiger partial charge in [-0.05, 0) is 66.2 Å². The van der Waals surface area contributed by atoms with Crippen LogP contribution in [0.3, 0.4) is 0 Å². The van der Waals surface area contributed by atoms with Crippen LogP contribution in [0.25, 0.3) is 0 Å². The van der Waals surface area contributed by atoms with Gasteiger partial charge < -0.3 is 9.26 Å². The summed E-state index contributed by atoms with van der Waals surface area (Å²) in [6, 6.07) is 6.62. The average molecular weight is 341 g/mol. The number of hydrogen-bond donors (Lipinski definition) is 1. The molecule has 0 fully saturated rings. The van der Waals surface area contributed by atoms with Crippen molar-refractivity contribution < 1.29 is 18.6 Å². The lowest BCUT2D eigenvalue weighted by molar-refractivity contribution is -0.149. The first-order valence-corrected chi connectivity index (χ1v) is 9.42. The highest BCUT2D eigenvalue weighted by Crippen LogP contribution is 2.55. The Bertz CT molecular complexity index is 593. The van der Waals surface area contributed by atoms with E-state index in [0.29, 0.717) is 5.75 Å². The molecule has 1 N–H and O–H groups in total. The van der Waals surface area contributed by atoms with Gasteiger partial charge in [-0.1, -0.05) is 12.1 Å². The van der Waals surface area contributed by atoms with Crippen LogP contribution < -0.4 is 9.61 Å². The first-order valence-electron chi connectivity index (χ1n) is 7.79. The molecule has 0 aliphatic heterocycles. The van der Waals surface area contributed by atoms with Crippen molar-refractivity contribution in [1.82, 2.24) is 5.09 Å². The third kappa shape index (κ3) is 5.67. The molecule has 0 amide bonds. The number of benzene rings is 1. The van der Waals surface area contributed by atoms with Gasteiger partial charge in [0.1, 0.15) is 11.8 Å². The fourth-order valence-electron chi connectivity index (χ4n) is 1.82. The first-order chi connectivity index (χ1) is 10.4. The third-order valence-corrected chi connectivity index (χ3v) is 6.14. The molecule has 1 unspecified atom stereocenters. The Labute approximate surface area is 139 Å². The molecule has 0 aromatic heterocycles. The number of carbonyl (C=O) groups excluding carboxylic acids is 1. The van der Waals surface area contributed by atoms with Crippen molar-refractivity contribution >= 4 is 13.5 Å². The molecule has 0 bridgehead atoms. The Kier molecular flexibility index (Phi) is 6.43. The Hall–Kier alpha value is -1.32. The van der Waals surface area contributed by atoms with E-state index in [1.54, 1.807) is 26.8 Å². The molecule has 0 saturated carbocycles. The molecule has 2 atom stereocenters. The van der Waals surface area contributed by atoms with E-state index >= 15 is 0 Å². The van der Waals surface area contributed by atoms with E-state index in [2.05, 4.69) is 5.09 Å². The minimum Gasteiger partial charge on any atom is -0.462 e. The highest BCUT2D eigenvalue weighted by atomic mass is 31.2. The van der Waals surface area contributed by atoms with Crippen molar-refractivity contribution in [3.05, 3.63) is 29.8 Å². The number of ether oxygens (including phenoxy) is 1. The molecule has 1 rings (SSSR count). The van der Waals surface area contributed by atoms with Gasteiger partial charge in [-0.3, -0.25) is 9.36 Å². The Morgan fingerprint density at radius 3 is 2.30 bits per heavy atom. The summed E-state index contributed by atoms with van der Waals surface area (Å²) in [5.41, 5.74) is 1.01. The van der Waals surface area contributed by atoms with Crippen LogP contribution in [0.4, 0.5) is 0 Å². The summed E-state index contributed by atoms with van der Waals surface area (Å²) in [4.78, 5) is 12.0. The number of esters is 1. The van der Waals surface area contributed by atoms with Crippen molar-refractivity contribution in [3.63, 3.8) is 0 Å². The summed E-state index contributed by atoms with van der Waals surface area (Å²) in [6.45, 7) is 12.6. The van der Waals surface area contributed by atoms with Crippen LogP contribution in [0.5, 0.6) is 5.75 Å². The number of hydrogen-bond acceptors (Lipinski definition) is 4. The molecule has 0 aliphatic rings.